The van der Waals surface area contributed by atoms with Gasteiger partial charge in [-0.1, -0.05) is 68.8 Å². The lowest BCUT2D eigenvalue weighted by Gasteiger charge is -2.24. The number of hydrogen-bond acceptors (Lipinski definition) is 7. The van der Waals surface area contributed by atoms with E-state index in [4.69, 9.17) is 4.74 Å². The fraction of sp³-hybridized carbons (Fsp3) is 0.370. The van der Waals surface area contributed by atoms with E-state index in [9.17, 15) is 24.0 Å². The van der Waals surface area contributed by atoms with Gasteiger partial charge >= 0.3 is 12.2 Å². The first kappa shape index (κ1) is 26.6. The lowest BCUT2D eigenvalue weighted by atomic mass is 9.98. The molecule has 11 nitrogen and oxygen atoms in total. The van der Waals surface area contributed by atoms with Gasteiger partial charge in [0, 0.05) is 18.8 Å². The minimum atomic E-state index is -1.07. The summed E-state index contributed by atoms with van der Waals surface area (Å²) in [7, 11) is 0. The zero-order chi connectivity index (χ0) is 27.2. The van der Waals surface area contributed by atoms with Crippen LogP contribution in [0.4, 0.5) is 9.59 Å². The molecule has 2 aromatic carbocycles. The summed E-state index contributed by atoms with van der Waals surface area (Å²) in [5.74, 6) is -2.12. The second kappa shape index (κ2) is 11.8. The third kappa shape index (κ3) is 5.77. The second-order valence-electron chi connectivity index (χ2n) is 9.19. The number of imide groups is 1. The van der Waals surface area contributed by atoms with Crippen molar-refractivity contribution in [2.45, 2.75) is 45.1 Å². The number of nitrogens with zero attached hydrogens (tertiary/aromatic N) is 1. The number of fused-ring (bicyclic) bond motifs is 3. The highest BCUT2D eigenvalue weighted by Gasteiger charge is 2.33. The molecule has 1 aliphatic heterocycles. The molecule has 2 aliphatic rings. The first-order chi connectivity index (χ1) is 18.3. The molecule has 1 saturated heterocycles. The Morgan fingerprint density at radius 2 is 1.50 bits per heavy atom. The maximum absolute atomic E-state index is 12.8. The fourth-order valence-electron chi connectivity index (χ4n) is 4.56. The highest BCUT2D eigenvalue weighted by molar-refractivity contribution is 6.01. The number of amides is 5. The van der Waals surface area contributed by atoms with E-state index in [0.717, 1.165) is 22.3 Å². The monoisotopic (exact) mass is 522 g/mol. The number of carbonyl (C=O) groups excluding carboxylic acids is 5. The van der Waals surface area contributed by atoms with E-state index < -0.39 is 35.9 Å². The van der Waals surface area contributed by atoms with Crippen molar-refractivity contribution in [2.24, 2.45) is 5.92 Å². The normalized spacial score (nSPS) is 15.8. The minimum absolute atomic E-state index is 0.0268. The van der Waals surface area contributed by atoms with E-state index >= 15 is 0 Å². The van der Waals surface area contributed by atoms with Crippen LogP contribution in [0, 0.1) is 5.92 Å². The zero-order valence-corrected chi connectivity index (χ0v) is 21.2. The zero-order valence-electron chi connectivity index (χ0n) is 21.2. The second-order valence-corrected chi connectivity index (χ2v) is 9.19. The number of nitrogens with one attached hydrogen (secondary N) is 3. The third-order valence-corrected chi connectivity index (χ3v) is 6.79. The Kier molecular flexibility index (Phi) is 8.25. The van der Waals surface area contributed by atoms with Gasteiger partial charge in [0.05, 0.1) is 6.67 Å². The fourth-order valence-corrected chi connectivity index (χ4v) is 4.56. The van der Waals surface area contributed by atoms with Crippen molar-refractivity contribution in [3.63, 3.8) is 0 Å². The van der Waals surface area contributed by atoms with Crippen LogP contribution in [-0.2, 0) is 24.0 Å². The summed E-state index contributed by atoms with van der Waals surface area (Å²) < 4.78 is 5.56. The Hall–Kier alpha value is -4.41. The van der Waals surface area contributed by atoms with Gasteiger partial charge in [0.1, 0.15) is 12.6 Å². The van der Waals surface area contributed by atoms with Crippen LogP contribution in [0.15, 0.2) is 48.5 Å². The van der Waals surface area contributed by atoms with Crippen LogP contribution in [0.3, 0.4) is 0 Å². The van der Waals surface area contributed by atoms with Crippen LogP contribution in [0.1, 0.15) is 50.2 Å². The van der Waals surface area contributed by atoms with E-state index in [1.54, 1.807) is 6.92 Å². The summed E-state index contributed by atoms with van der Waals surface area (Å²) in [5.41, 5.74) is 4.37. The molecule has 1 heterocycles. The summed E-state index contributed by atoms with van der Waals surface area (Å²) in [5, 5.41) is 7.77. The Balaban J connectivity index is 1.30. The number of alkyl carbamates (subject to hydrolysis) is 1. The predicted molar refractivity (Wildman–Crippen MR) is 135 cm³/mol. The predicted octanol–water partition coefficient (Wildman–Crippen LogP) is 2.80. The highest BCUT2D eigenvalue weighted by Crippen LogP contribution is 2.44. The van der Waals surface area contributed by atoms with E-state index in [1.807, 2.05) is 55.5 Å². The smallest absolute Gasteiger partial charge is 0.433 e. The molecule has 1 fully saturated rings. The Labute approximate surface area is 219 Å². The van der Waals surface area contributed by atoms with Crippen LogP contribution in [0.5, 0.6) is 0 Å². The minimum Gasteiger partial charge on any atom is -0.449 e. The molecule has 0 unspecified atom stereocenters. The molecule has 200 valence electrons. The number of rotatable bonds is 9. The largest absolute Gasteiger partial charge is 0.449 e. The molecule has 0 aromatic heterocycles. The van der Waals surface area contributed by atoms with Gasteiger partial charge in [0.25, 0.3) is 11.8 Å². The summed E-state index contributed by atoms with van der Waals surface area (Å²) in [4.78, 5) is 65.2. The molecule has 3 N–H and O–H groups in total. The lowest BCUT2D eigenvalue weighted by Crippen LogP contribution is -2.52. The summed E-state index contributed by atoms with van der Waals surface area (Å²) in [6.45, 7) is 3.45. The van der Waals surface area contributed by atoms with Crippen molar-refractivity contribution in [1.29, 1.82) is 0 Å². The van der Waals surface area contributed by atoms with Crippen molar-refractivity contribution in [3.05, 3.63) is 59.7 Å². The average Bonchev–Trinajstić information content (AvgIpc) is 3.41. The van der Waals surface area contributed by atoms with Crippen molar-refractivity contribution in [3.8, 4) is 11.1 Å². The van der Waals surface area contributed by atoms with Gasteiger partial charge < -0.3 is 25.5 Å². The van der Waals surface area contributed by atoms with E-state index in [0.29, 0.717) is 11.5 Å². The molecule has 0 radical (unpaired) electrons. The molecule has 11 heteroatoms. The Morgan fingerprint density at radius 3 is 2.08 bits per heavy atom. The number of hydrogen-bond donors (Lipinski definition) is 3. The first-order valence-electron chi connectivity index (χ1n) is 12.5. The summed E-state index contributed by atoms with van der Waals surface area (Å²) >= 11 is 0. The highest BCUT2D eigenvalue weighted by atomic mass is 16.7. The molecule has 38 heavy (non-hydrogen) atoms. The number of carbonyl (C=O) groups is 5. The summed E-state index contributed by atoms with van der Waals surface area (Å²) in [6, 6.07) is 15.0. The molecule has 4 rings (SSSR count). The molecule has 2 atom stereocenters. The van der Waals surface area contributed by atoms with Crippen LogP contribution >= 0.6 is 0 Å². The van der Waals surface area contributed by atoms with Gasteiger partial charge in [-0.05, 0) is 28.2 Å². The van der Waals surface area contributed by atoms with Crippen LogP contribution < -0.4 is 16.0 Å². The molecule has 0 saturated carbocycles. The van der Waals surface area contributed by atoms with Crippen molar-refractivity contribution in [1.82, 2.24) is 21.0 Å². The maximum atomic E-state index is 12.8. The average molecular weight is 523 g/mol. The third-order valence-electron chi connectivity index (χ3n) is 6.79. The molecule has 0 bridgehead atoms. The van der Waals surface area contributed by atoms with Crippen molar-refractivity contribution < 1.29 is 33.5 Å². The van der Waals surface area contributed by atoms with Crippen LogP contribution in [-0.4, -0.2) is 54.3 Å². The van der Waals surface area contributed by atoms with Crippen molar-refractivity contribution in [2.75, 3.05) is 13.3 Å². The molecular formula is C27H30N4O7. The number of hydroxylamine groups is 2. The Morgan fingerprint density at radius 1 is 0.921 bits per heavy atom. The number of benzene rings is 2. The number of ether oxygens (including phenoxy) is 1. The van der Waals surface area contributed by atoms with Gasteiger partial charge in [-0.25, -0.2) is 9.59 Å². The van der Waals surface area contributed by atoms with Gasteiger partial charge in [-0.2, -0.15) is 0 Å². The Bertz CT molecular complexity index is 1190. The SMILES string of the molecule is CC[C@H](C)[C@H](NC(=O)OCC1c2ccccc2-c2ccccc21)C(=O)NCNC(=O)ON1C(=O)CCC1=O. The quantitative estimate of drug-likeness (QED) is 0.339. The van der Waals surface area contributed by atoms with Gasteiger partial charge in [-0.15, -0.1) is 5.06 Å². The molecule has 0 spiro atoms. The van der Waals surface area contributed by atoms with Gasteiger partial charge in [0.2, 0.25) is 5.91 Å². The maximum Gasteiger partial charge on any atom is 0.433 e. The lowest BCUT2D eigenvalue weighted by molar-refractivity contribution is -0.171. The standard InChI is InChI=1S/C27H30N4O7/c1-3-16(2)24(25(34)28-15-29-26(35)38-31-22(32)12-13-23(31)33)30-27(36)37-14-21-19-10-6-4-8-17(19)18-9-5-7-11-20(18)21/h4-11,16,21,24H,3,12-15H2,1-2H3,(H,28,34)(H,29,35)(H,30,36)/t16-,24-/m0/s1. The molecule has 5 amide bonds. The summed E-state index contributed by atoms with van der Waals surface area (Å²) in [6.07, 6.45) is -1.26. The van der Waals surface area contributed by atoms with Crippen LogP contribution in [0.2, 0.25) is 0 Å². The topological polar surface area (TPSA) is 143 Å². The van der Waals surface area contributed by atoms with E-state index in [2.05, 4.69) is 20.8 Å². The van der Waals surface area contributed by atoms with Crippen LogP contribution in [0.25, 0.3) is 11.1 Å². The molecule has 2 aromatic rings. The van der Waals surface area contributed by atoms with E-state index in [-0.39, 0.29) is 38.0 Å². The first-order valence-corrected chi connectivity index (χ1v) is 12.5. The molecular weight excluding hydrogens is 492 g/mol. The van der Waals surface area contributed by atoms with Gasteiger partial charge in [0.15, 0.2) is 0 Å². The van der Waals surface area contributed by atoms with Crippen molar-refractivity contribution >= 4 is 29.9 Å². The van der Waals surface area contributed by atoms with Gasteiger partial charge in [-0.3, -0.25) is 14.4 Å². The molecule has 1 aliphatic carbocycles. The van der Waals surface area contributed by atoms with E-state index in [1.165, 1.54) is 0 Å².